The van der Waals surface area contributed by atoms with Crippen LogP contribution in [0.4, 0.5) is 10.1 Å². The Hall–Kier alpha value is -3.27. The lowest BCUT2D eigenvalue weighted by Crippen LogP contribution is -2.05. The van der Waals surface area contributed by atoms with Crippen LogP contribution in [0.25, 0.3) is 0 Å². The molecule has 4 heteroatoms. The molecule has 0 aliphatic rings. The molecular formula is C26H28FNO2. The van der Waals surface area contributed by atoms with Crippen molar-refractivity contribution in [2.45, 2.75) is 33.4 Å². The van der Waals surface area contributed by atoms with Crippen LogP contribution in [0, 0.1) is 19.7 Å². The lowest BCUT2D eigenvalue weighted by Gasteiger charge is -2.18. The van der Waals surface area contributed by atoms with Crippen molar-refractivity contribution < 1.29 is 13.9 Å². The molecule has 30 heavy (non-hydrogen) atoms. The largest absolute Gasteiger partial charge is 0.493 e. The summed E-state index contributed by atoms with van der Waals surface area (Å²) in [5, 5.41) is 3.50. The molecule has 0 atom stereocenters. The van der Waals surface area contributed by atoms with Gasteiger partial charge in [-0.3, -0.25) is 0 Å². The second-order valence-electron chi connectivity index (χ2n) is 7.37. The Morgan fingerprint density at radius 3 is 2.57 bits per heavy atom. The van der Waals surface area contributed by atoms with Crippen LogP contribution in [0.15, 0.2) is 67.3 Å². The van der Waals surface area contributed by atoms with Crippen LogP contribution in [0.5, 0.6) is 11.5 Å². The maximum Gasteiger partial charge on any atom is 0.165 e. The highest BCUT2D eigenvalue weighted by Crippen LogP contribution is 2.34. The van der Waals surface area contributed by atoms with Crippen molar-refractivity contribution in [1.82, 2.24) is 0 Å². The number of rotatable bonds is 9. The van der Waals surface area contributed by atoms with Gasteiger partial charge in [0.05, 0.1) is 7.11 Å². The van der Waals surface area contributed by atoms with Crippen molar-refractivity contribution >= 4 is 5.69 Å². The second-order valence-corrected chi connectivity index (χ2v) is 7.37. The fourth-order valence-electron chi connectivity index (χ4n) is 3.44. The first-order valence-electron chi connectivity index (χ1n) is 9.99. The van der Waals surface area contributed by atoms with Crippen LogP contribution >= 0.6 is 0 Å². The average molecular weight is 406 g/mol. The summed E-state index contributed by atoms with van der Waals surface area (Å²) in [5.41, 5.74) is 6.40. The molecule has 0 aliphatic heterocycles. The van der Waals surface area contributed by atoms with Crippen molar-refractivity contribution in [2.75, 3.05) is 12.4 Å². The molecule has 3 nitrogen and oxygen atoms in total. The summed E-state index contributed by atoms with van der Waals surface area (Å²) in [6.07, 6.45) is 2.48. The number of halogens is 1. The van der Waals surface area contributed by atoms with Crippen LogP contribution < -0.4 is 14.8 Å². The van der Waals surface area contributed by atoms with Gasteiger partial charge >= 0.3 is 0 Å². The van der Waals surface area contributed by atoms with E-state index in [0.29, 0.717) is 24.5 Å². The van der Waals surface area contributed by atoms with Crippen molar-refractivity contribution in [3.05, 3.63) is 101 Å². The van der Waals surface area contributed by atoms with E-state index in [1.807, 2.05) is 18.2 Å². The first-order chi connectivity index (χ1) is 14.5. The normalized spacial score (nSPS) is 10.5. The number of aryl methyl sites for hydroxylation is 2. The highest BCUT2D eigenvalue weighted by Gasteiger charge is 2.13. The van der Waals surface area contributed by atoms with Gasteiger partial charge in [-0.1, -0.05) is 35.9 Å². The number of benzene rings is 3. The Bertz CT molecular complexity index is 1030. The lowest BCUT2D eigenvalue weighted by molar-refractivity contribution is 0.281. The molecule has 0 fully saturated rings. The number of hydrogen-bond acceptors (Lipinski definition) is 3. The standard InChI is InChI=1S/C26H28FNO2/c1-5-7-22-13-21(16-28-24-11-10-18(2)12-19(24)3)15-25(29-4)26(22)30-17-20-8-6-9-23(27)14-20/h5-6,8-15,28H,1,7,16-17H2,2-4H3. The molecule has 3 aromatic rings. The Kier molecular flexibility index (Phi) is 7.12. The highest BCUT2D eigenvalue weighted by molar-refractivity contribution is 5.54. The molecule has 0 aliphatic carbocycles. The minimum Gasteiger partial charge on any atom is -0.493 e. The third-order valence-electron chi connectivity index (χ3n) is 4.91. The van der Waals surface area contributed by atoms with E-state index >= 15 is 0 Å². The van der Waals surface area contributed by atoms with Gasteiger partial charge in [-0.05, 0) is 67.3 Å². The Balaban J connectivity index is 1.82. The zero-order chi connectivity index (χ0) is 21.5. The van der Waals surface area contributed by atoms with Gasteiger partial charge in [0, 0.05) is 17.8 Å². The van der Waals surface area contributed by atoms with Gasteiger partial charge in [0.15, 0.2) is 11.5 Å². The minimum atomic E-state index is -0.276. The maximum absolute atomic E-state index is 13.5. The maximum atomic E-state index is 13.5. The number of anilines is 1. The molecule has 0 radical (unpaired) electrons. The third-order valence-corrected chi connectivity index (χ3v) is 4.91. The third kappa shape index (κ3) is 5.41. The van der Waals surface area contributed by atoms with E-state index in [9.17, 15) is 4.39 Å². The van der Waals surface area contributed by atoms with E-state index in [1.54, 1.807) is 13.2 Å². The molecule has 0 saturated carbocycles. The predicted molar refractivity (Wildman–Crippen MR) is 121 cm³/mol. The van der Waals surface area contributed by atoms with Gasteiger partial charge in [-0.25, -0.2) is 4.39 Å². The van der Waals surface area contributed by atoms with Crippen molar-refractivity contribution in [2.24, 2.45) is 0 Å². The molecule has 1 N–H and O–H groups in total. The number of ether oxygens (including phenoxy) is 2. The van der Waals surface area contributed by atoms with E-state index in [1.165, 1.54) is 23.3 Å². The summed E-state index contributed by atoms with van der Waals surface area (Å²) < 4.78 is 25.1. The molecule has 0 unspecified atom stereocenters. The second kappa shape index (κ2) is 9.97. The summed E-state index contributed by atoms with van der Waals surface area (Å²) in [4.78, 5) is 0. The van der Waals surface area contributed by atoms with Crippen LogP contribution in [0.3, 0.4) is 0 Å². The Morgan fingerprint density at radius 2 is 1.87 bits per heavy atom. The molecular weight excluding hydrogens is 377 g/mol. The van der Waals surface area contributed by atoms with Gasteiger partial charge in [-0.15, -0.1) is 6.58 Å². The van der Waals surface area contributed by atoms with Crippen molar-refractivity contribution in [1.29, 1.82) is 0 Å². The van der Waals surface area contributed by atoms with Crippen LogP contribution in [-0.2, 0) is 19.6 Å². The van der Waals surface area contributed by atoms with E-state index < -0.39 is 0 Å². The SMILES string of the molecule is C=CCc1cc(CNc2ccc(C)cc2C)cc(OC)c1OCc1cccc(F)c1. The summed E-state index contributed by atoms with van der Waals surface area (Å²) in [7, 11) is 1.63. The van der Waals surface area contributed by atoms with Crippen molar-refractivity contribution in [3.8, 4) is 11.5 Å². The van der Waals surface area contributed by atoms with Crippen molar-refractivity contribution in [3.63, 3.8) is 0 Å². The number of allylic oxidation sites excluding steroid dienone is 1. The Labute approximate surface area is 178 Å². The van der Waals surface area contributed by atoms with Gasteiger partial charge in [0.25, 0.3) is 0 Å². The lowest BCUT2D eigenvalue weighted by atomic mass is 10.0. The summed E-state index contributed by atoms with van der Waals surface area (Å²) >= 11 is 0. The van der Waals surface area contributed by atoms with Gasteiger partial charge < -0.3 is 14.8 Å². The van der Waals surface area contributed by atoms with Gasteiger partial charge in [0.2, 0.25) is 0 Å². The van der Waals surface area contributed by atoms with Gasteiger partial charge in [0.1, 0.15) is 12.4 Å². The average Bonchev–Trinajstić information content (AvgIpc) is 2.72. The van der Waals surface area contributed by atoms with Crippen LogP contribution in [0.1, 0.15) is 27.8 Å². The molecule has 3 rings (SSSR count). The molecule has 0 spiro atoms. The summed E-state index contributed by atoms with van der Waals surface area (Å²) in [5.74, 6) is 1.04. The first kappa shape index (κ1) is 21.4. The number of nitrogens with one attached hydrogen (secondary N) is 1. The monoisotopic (exact) mass is 405 g/mol. The van der Waals surface area contributed by atoms with E-state index in [0.717, 1.165) is 22.4 Å². The predicted octanol–water partition coefficient (Wildman–Crippen LogP) is 6.37. The van der Waals surface area contributed by atoms with Crippen LogP contribution in [0.2, 0.25) is 0 Å². The molecule has 0 amide bonds. The molecule has 0 heterocycles. The molecule has 156 valence electrons. The zero-order valence-corrected chi connectivity index (χ0v) is 17.8. The fourth-order valence-corrected chi connectivity index (χ4v) is 3.44. The van der Waals surface area contributed by atoms with E-state index in [-0.39, 0.29) is 12.4 Å². The molecule has 3 aromatic carbocycles. The van der Waals surface area contributed by atoms with E-state index in [2.05, 4.69) is 50.0 Å². The molecule has 0 bridgehead atoms. The van der Waals surface area contributed by atoms with E-state index in [4.69, 9.17) is 9.47 Å². The summed E-state index contributed by atoms with van der Waals surface area (Å²) in [6.45, 7) is 8.98. The number of methoxy groups -OCH3 is 1. The zero-order valence-electron chi connectivity index (χ0n) is 17.8. The number of hydrogen-bond donors (Lipinski definition) is 1. The minimum absolute atomic E-state index is 0.262. The molecule has 0 saturated heterocycles. The highest BCUT2D eigenvalue weighted by atomic mass is 19.1. The Morgan fingerprint density at radius 1 is 1.03 bits per heavy atom. The smallest absolute Gasteiger partial charge is 0.165 e. The topological polar surface area (TPSA) is 30.5 Å². The van der Waals surface area contributed by atoms with Crippen LogP contribution in [-0.4, -0.2) is 7.11 Å². The quantitative estimate of drug-likeness (QED) is 0.420. The summed E-state index contributed by atoms with van der Waals surface area (Å²) in [6, 6.07) is 16.8. The fraction of sp³-hybridized carbons (Fsp3) is 0.231. The van der Waals surface area contributed by atoms with Gasteiger partial charge in [-0.2, -0.15) is 0 Å². The first-order valence-corrected chi connectivity index (χ1v) is 9.99. The molecule has 0 aromatic heterocycles.